The van der Waals surface area contributed by atoms with E-state index in [0.29, 0.717) is 11.8 Å². The monoisotopic (exact) mass is 252 g/mol. The van der Waals surface area contributed by atoms with Crippen LogP contribution in [0.5, 0.6) is 5.75 Å². The van der Waals surface area contributed by atoms with Crippen LogP contribution in [-0.4, -0.2) is 12.4 Å². The number of unbranched alkanes of at least 4 members (excludes halogenated alkanes) is 3. The van der Waals surface area contributed by atoms with Crippen molar-refractivity contribution in [1.29, 1.82) is 0 Å². The van der Waals surface area contributed by atoms with Crippen molar-refractivity contribution in [1.82, 2.24) is 0 Å². The van der Waals surface area contributed by atoms with Gasteiger partial charge in [0.15, 0.2) is 11.6 Å². The number of hydrogen-bond acceptors (Lipinski definition) is 2. The van der Waals surface area contributed by atoms with Gasteiger partial charge in [-0.15, -0.1) is 0 Å². The van der Waals surface area contributed by atoms with Gasteiger partial charge in [0.25, 0.3) is 0 Å². The minimum Gasteiger partial charge on any atom is -0.488 e. The van der Waals surface area contributed by atoms with Gasteiger partial charge in [-0.25, -0.2) is 4.39 Å². The van der Waals surface area contributed by atoms with E-state index in [2.05, 4.69) is 6.92 Å². The predicted octanol–water partition coefficient (Wildman–Crippen LogP) is 4.38. The Labute approximate surface area is 108 Å². The predicted molar refractivity (Wildman–Crippen MR) is 70.6 cm³/mol. The lowest BCUT2D eigenvalue weighted by molar-refractivity contribution is 0.112. The molecule has 0 spiro atoms. The molecule has 0 radical (unpaired) electrons. The molecule has 0 aromatic heterocycles. The Balaban J connectivity index is 2.43. The Hall–Kier alpha value is -1.38. The summed E-state index contributed by atoms with van der Waals surface area (Å²) in [4.78, 5) is 10.5. The molecule has 0 saturated carbocycles. The SMILES string of the molecule is CCCCCCC(C)Oc1ccc(C=O)cc1F. The summed E-state index contributed by atoms with van der Waals surface area (Å²) in [6, 6.07) is 4.28. The van der Waals surface area contributed by atoms with Gasteiger partial charge in [0.05, 0.1) is 6.10 Å². The van der Waals surface area contributed by atoms with Gasteiger partial charge in [-0.3, -0.25) is 4.79 Å². The number of halogens is 1. The van der Waals surface area contributed by atoms with Crippen LogP contribution in [0.3, 0.4) is 0 Å². The smallest absolute Gasteiger partial charge is 0.165 e. The van der Waals surface area contributed by atoms with E-state index in [1.165, 1.54) is 31.4 Å². The molecule has 0 aliphatic heterocycles. The second kappa shape index (κ2) is 7.85. The largest absolute Gasteiger partial charge is 0.488 e. The van der Waals surface area contributed by atoms with Crippen molar-refractivity contribution in [2.24, 2.45) is 0 Å². The third kappa shape index (κ3) is 4.86. The number of ether oxygens (including phenoxy) is 1. The standard InChI is InChI=1S/C15H21FO2/c1-3-4-5-6-7-12(2)18-15-9-8-13(11-17)10-14(15)16/h8-12H,3-7H2,1-2H3. The van der Waals surface area contributed by atoms with E-state index < -0.39 is 5.82 Å². The van der Waals surface area contributed by atoms with Gasteiger partial charge < -0.3 is 4.74 Å². The summed E-state index contributed by atoms with van der Waals surface area (Å²) in [5, 5.41) is 0. The van der Waals surface area contributed by atoms with Crippen LogP contribution in [0, 0.1) is 5.82 Å². The fourth-order valence-corrected chi connectivity index (χ4v) is 1.82. The van der Waals surface area contributed by atoms with Crippen molar-refractivity contribution in [2.75, 3.05) is 0 Å². The molecule has 1 atom stereocenters. The summed E-state index contributed by atoms with van der Waals surface area (Å²) in [7, 11) is 0. The Bertz CT molecular complexity index is 377. The first-order chi connectivity index (χ1) is 8.67. The maximum atomic E-state index is 13.6. The molecule has 0 saturated heterocycles. The maximum Gasteiger partial charge on any atom is 0.165 e. The van der Waals surface area contributed by atoms with Crippen molar-refractivity contribution in [2.45, 2.75) is 52.1 Å². The van der Waals surface area contributed by atoms with Crippen molar-refractivity contribution >= 4 is 6.29 Å². The average molecular weight is 252 g/mol. The zero-order valence-corrected chi connectivity index (χ0v) is 11.1. The van der Waals surface area contributed by atoms with Crippen molar-refractivity contribution in [3.8, 4) is 5.75 Å². The molecule has 3 heteroatoms. The molecular weight excluding hydrogens is 231 g/mol. The van der Waals surface area contributed by atoms with Crippen LogP contribution in [0.1, 0.15) is 56.3 Å². The lowest BCUT2D eigenvalue weighted by Gasteiger charge is -2.15. The van der Waals surface area contributed by atoms with E-state index in [0.717, 1.165) is 12.8 Å². The molecule has 0 amide bonds. The quantitative estimate of drug-likeness (QED) is 0.507. The number of carbonyl (C=O) groups is 1. The summed E-state index contributed by atoms with van der Waals surface area (Å²) in [6.07, 6.45) is 6.28. The Morgan fingerprint density at radius 2 is 2.11 bits per heavy atom. The van der Waals surface area contributed by atoms with Crippen molar-refractivity contribution in [3.05, 3.63) is 29.6 Å². The van der Waals surface area contributed by atoms with Gasteiger partial charge in [-0.2, -0.15) is 0 Å². The molecule has 1 rings (SSSR count). The van der Waals surface area contributed by atoms with E-state index in [1.54, 1.807) is 6.07 Å². The third-order valence-corrected chi connectivity index (χ3v) is 2.88. The van der Waals surface area contributed by atoms with E-state index >= 15 is 0 Å². The minimum atomic E-state index is -0.472. The van der Waals surface area contributed by atoms with E-state index in [4.69, 9.17) is 4.74 Å². The first-order valence-electron chi connectivity index (χ1n) is 6.58. The number of hydrogen-bond donors (Lipinski definition) is 0. The summed E-state index contributed by atoms with van der Waals surface area (Å²) in [6.45, 7) is 4.11. The number of rotatable bonds is 8. The van der Waals surface area contributed by atoms with Gasteiger partial charge in [0.1, 0.15) is 6.29 Å². The highest BCUT2D eigenvalue weighted by Crippen LogP contribution is 2.20. The zero-order valence-electron chi connectivity index (χ0n) is 11.1. The van der Waals surface area contributed by atoms with Crippen LogP contribution < -0.4 is 4.74 Å². The second-order valence-corrected chi connectivity index (χ2v) is 4.59. The lowest BCUT2D eigenvalue weighted by Crippen LogP contribution is -2.12. The van der Waals surface area contributed by atoms with Crippen LogP contribution in [0.2, 0.25) is 0 Å². The van der Waals surface area contributed by atoms with Gasteiger partial charge in [-0.05, 0) is 38.0 Å². The van der Waals surface area contributed by atoms with Crippen LogP contribution in [-0.2, 0) is 0 Å². The zero-order chi connectivity index (χ0) is 13.4. The Kier molecular flexibility index (Phi) is 6.40. The topological polar surface area (TPSA) is 26.3 Å². The number of aldehydes is 1. The van der Waals surface area contributed by atoms with E-state index in [9.17, 15) is 9.18 Å². The summed E-state index contributed by atoms with van der Waals surface area (Å²) in [5.41, 5.74) is 0.329. The lowest BCUT2D eigenvalue weighted by atomic mass is 10.1. The first-order valence-corrected chi connectivity index (χ1v) is 6.58. The highest BCUT2D eigenvalue weighted by atomic mass is 19.1. The molecule has 0 heterocycles. The molecule has 1 unspecified atom stereocenters. The average Bonchev–Trinajstić information content (AvgIpc) is 2.37. The van der Waals surface area contributed by atoms with Crippen LogP contribution in [0.15, 0.2) is 18.2 Å². The summed E-state index contributed by atoms with van der Waals surface area (Å²) in [5.74, 6) is -0.247. The molecule has 1 aromatic rings. The van der Waals surface area contributed by atoms with Crippen molar-refractivity contribution < 1.29 is 13.9 Å². The van der Waals surface area contributed by atoms with Gasteiger partial charge in [-0.1, -0.05) is 26.2 Å². The molecule has 1 aromatic carbocycles. The minimum absolute atomic E-state index is 0.00145. The first kappa shape index (κ1) is 14.7. The van der Waals surface area contributed by atoms with Crippen LogP contribution >= 0.6 is 0 Å². The van der Waals surface area contributed by atoms with Crippen LogP contribution in [0.25, 0.3) is 0 Å². The second-order valence-electron chi connectivity index (χ2n) is 4.59. The Morgan fingerprint density at radius 1 is 1.33 bits per heavy atom. The number of benzene rings is 1. The highest BCUT2D eigenvalue weighted by molar-refractivity contribution is 5.74. The summed E-state index contributed by atoms with van der Waals surface area (Å²) < 4.78 is 19.1. The molecule has 18 heavy (non-hydrogen) atoms. The fraction of sp³-hybridized carbons (Fsp3) is 0.533. The summed E-state index contributed by atoms with van der Waals surface area (Å²) >= 11 is 0. The van der Waals surface area contributed by atoms with Gasteiger partial charge in [0, 0.05) is 5.56 Å². The molecule has 0 aliphatic rings. The van der Waals surface area contributed by atoms with E-state index in [-0.39, 0.29) is 11.9 Å². The molecule has 0 fully saturated rings. The molecule has 0 bridgehead atoms. The molecule has 100 valence electrons. The van der Waals surface area contributed by atoms with Gasteiger partial charge in [0.2, 0.25) is 0 Å². The van der Waals surface area contributed by atoms with E-state index in [1.807, 2.05) is 6.92 Å². The third-order valence-electron chi connectivity index (χ3n) is 2.88. The highest BCUT2D eigenvalue weighted by Gasteiger charge is 2.09. The molecule has 2 nitrogen and oxygen atoms in total. The molecule has 0 aliphatic carbocycles. The normalized spacial score (nSPS) is 12.2. The maximum absolute atomic E-state index is 13.6. The van der Waals surface area contributed by atoms with Crippen LogP contribution in [0.4, 0.5) is 4.39 Å². The number of carbonyl (C=O) groups excluding carboxylic acids is 1. The molecule has 0 N–H and O–H groups in total. The van der Waals surface area contributed by atoms with Gasteiger partial charge >= 0.3 is 0 Å². The molecular formula is C15H21FO2. The fourth-order valence-electron chi connectivity index (χ4n) is 1.82. The van der Waals surface area contributed by atoms with Crippen molar-refractivity contribution in [3.63, 3.8) is 0 Å². The Morgan fingerprint density at radius 3 is 2.72 bits per heavy atom.